The Balaban J connectivity index is 2.35. The van der Waals surface area contributed by atoms with Gasteiger partial charge in [-0.1, -0.05) is 6.07 Å². The summed E-state index contributed by atoms with van der Waals surface area (Å²) in [5.41, 5.74) is 0.512. The molecule has 0 saturated carbocycles. The highest BCUT2D eigenvalue weighted by Crippen LogP contribution is 2.26. The molecule has 7 nitrogen and oxygen atoms in total. The number of nitrogens with zero attached hydrogens (tertiary/aromatic N) is 2. The lowest BCUT2D eigenvalue weighted by atomic mass is 10.1. The summed E-state index contributed by atoms with van der Waals surface area (Å²) in [6.07, 6.45) is 3.83. The number of benzene rings is 1. The fraction of sp³-hybridized carbons (Fsp3) is 0.312. The van der Waals surface area contributed by atoms with E-state index in [0.29, 0.717) is 12.2 Å². The Morgan fingerprint density at radius 2 is 1.83 bits per heavy atom. The molecule has 0 aliphatic rings. The minimum atomic E-state index is -3.97. The lowest BCUT2D eigenvalue weighted by molar-refractivity contribution is -0.695. The van der Waals surface area contributed by atoms with Gasteiger partial charge in [-0.2, -0.15) is 8.42 Å². The molecule has 0 unspecified atom stereocenters. The summed E-state index contributed by atoms with van der Waals surface area (Å²) < 4.78 is 32.1. The zero-order chi connectivity index (χ0) is 17.9. The van der Waals surface area contributed by atoms with Crippen molar-refractivity contribution in [2.75, 3.05) is 10.7 Å². The number of amides is 2. The Morgan fingerprint density at radius 3 is 2.42 bits per heavy atom. The second-order valence-corrected chi connectivity index (χ2v) is 7.05. The Labute approximate surface area is 140 Å². The van der Waals surface area contributed by atoms with E-state index >= 15 is 0 Å². The average Bonchev–Trinajstić information content (AvgIpc) is 2.45. The van der Waals surface area contributed by atoms with E-state index in [1.807, 2.05) is 6.07 Å². The van der Waals surface area contributed by atoms with Crippen molar-refractivity contribution in [3.63, 3.8) is 0 Å². The lowest BCUT2D eigenvalue weighted by Crippen LogP contribution is -2.35. The van der Waals surface area contributed by atoms with Crippen LogP contribution in [0.25, 0.3) is 10.8 Å². The normalized spacial score (nSPS) is 11.5. The molecule has 2 rings (SSSR count). The molecule has 0 bridgehead atoms. The number of aromatic nitrogens is 1. The van der Waals surface area contributed by atoms with Crippen LogP contribution in [0.1, 0.15) is 20.3 Å². The Hall–Kier alpha value is -2.32. The van der Waals surface area contributed by atoms with Crippen molar-refractivity contribution in [2.45, 2.75) is 26.8 Å². The highest BCUT2D eigenvalue weighted by molar-refractivity contribution is 7.85. The number of aryl methyl sites for hydroxylation is 1. The largest absolute Gasteiger partial charge is 0.286 e. The topological polar surface area (TPSA) is 95.6 Å². The fourth-order valence-electron chi connectivity index (χ4n) is 2.58. The molecule has 2 amide bonds. The van der Waals surface area contributed by atoms with Crippen LogP contribution >= 0.6 is 0 Å². The van der Waals surface area contributed by atoms with E-state index in [9.17, 15) is 18.0 Å². The molecule has 1 N–H and O–H groups in total. The third-order valence-electron chi connectivity index (χ3n) is 3.54. The zero-order valence-corrected chi connectivity index (χ0v) is 14.3. The molecule has 0 aliphatic heterocycles. The van der Waals surface area contributed by atoms with Crippen LogP contribution in [0.3, 0.4) is 0 Å². The Morgan fingerprint density at radius 1 is 1.17 bits per heavy atom. The molecular weight excluding hydrogens is 332 g/mol. The second kappa shape index (κ2) is 7.06. The first kappa shape index (κ1) is 18.0. The van der Waals surface area contributed by atoms with Gasteiger partial charge in [0.2, 0.25) is 11.8 Å². The number of imide groups is 1. The van der Waals surface area contributed by atoms with Gasteiger partial charge in [0.05, 0.1) is 11.4 Å². The van der Waals surface area contributed by atoms with E-state index in [4.69, 9.17) is 4.55 Å². The molecule has 8 heteroatoms. The van der Waals surface area contributed by atoms with Crippen LogP contribution in [0, 0.1) is 0 Å². The summed E-state index contributed by atoms with van der Waals surface area (Å²) in [5.74, 6) is -1.03. The maximum absolute atomic E-state index is 11.8. The highest BCUT2D eigenvalue weighted by atomic mass is 32.2. The molecule has 0 saturated heterocycles. The second-order valence-electron chi connectivity index (χ2n) is 5.48. The molecule has 0 radical (unpaired) electrons. The lowest BCUT2D eigenvalue weighted by Gasteiger charge is -2.18. The first-order valence-electron chi connectivity index (χ1n) is 7.37. The fourth-order valence-corrected chi connectivity index (χ4v) is 3.07. The van der Waals surface area contributed by atoms with Gasteiger partial charge in [-0.05, 0) is 12.1 Å². The third-order valence-corrected chi connectivity index (χ3v) is 4.35. The van der Waals surface area contributed by atoms with Crippen molar-refractivity contribution < 1.29 is 27.1 Å². The molecule has 0 fully saturated rings. The number of rotatable bonds is 5. The van der Waals surface area contributed by atoms with Crippen molar-refractivity contribution in [1.82, 2.24) is 0 Å². The van der Waals surface area contributed by atoms with Gasteiger partial charge in [-0.25, -0.2) is 4.57 Å². The Bertz CT molecular complexity index is 878. The van der Waals surface area contributed by atoms with Crippen molar-refractivity contribution in [3.05, 3.63) is 36.7 Å². The number of pyridine rings is 1. The van der Waals surface area contributed by atoms with Crippen molar-refractivity contribution >= 4 is 38.4 Å². The Kier molecular flexibility index (Phi) is 5.30. The SMILES string of the molecule is CC(=O)N(C(C)=O)c1cccc2c[n+](CCCS(=O)(=O)O)ccc12. The van der Waals surface area contributed by atoms with Crippen LogP contribution in [-0.4, -0.2) is 30.5 Å². The average molecular weight is 351 g/mol. The molecule has 0 aliphatic carbocycles. The number of hydrogen-bond acceptors (Lipinski definition) is 4. The van der Waals surface area contributed by atoms with E-state index in [1.165, 1.54) is 13.8 Å². The predicted molar refractivity (Wildman–Crippen MR) is 89.0 cm³/mol. The van der Waals surface area contributed by atoms with Crippen LogP contribution in [0.2, 0.25) is 0 Å². The van der Waals surface area contributed by atoms with E-state index in [0.717, 1.165) is 15.7 Å². The van der Waals surface area contributed by atoms with Gasteiger partial charge in [0, 0.05) is 37.1 Å². The summed E-state index contributed by atoms with van der Waals surface area (Å²) in [4.78, 5) is 24.6. The standard InChI is InChI=1S/C16H18N2O5S/c1-12(19)18(13(2)20)16-6-3-5-14-11-17(9-7-15(14)16)8-4-10-24(21,22)23/h3,5-7,9,11H,4,8,10H2,1-2H3/p+1. The van der Waals surface area contributed by atoms with Gasteiger partial charge in [-0.3, -0.25) is 19.0 Å². The van der Waals surface area contributed by atoms with Crippen LogP contribution in [0.15, 0.2) is 36.7 Å². The molecule has 1 aromatic heterocycles. The van der Waals surface area contributed by atoms with Gasteiger partial charge >= 0.3 is 0 Å². The first-order chi connectivity index (χ1) is 11.2. The summed E-state index contributed by atoms with van der Waals surface area (Å²) in [5, 5.41) is 1.56. The van der Waals surface area contributed by atoms with E-state index < -0.39 is 10.1 Å². The number of anilines is 1. The molecule has 2 aromatic rings. The minimum absolute atomic E-state index is 0.279. The van der Waals surface area contributed by atoms with E-state index in [2.05, 4.69) is 0 Å². The third kappa shape index (κ3) is 4.36. The monoisotopic (exact) mass is 351 g/mol. The summed E-state index contributed by atoms with van der Waals surface area (Å²) in [7, 11) is -3.97. The van der Waals surface area contributed by atoms with Crippen LogP contribution in [-0.2, 0) is 26.3 Å². The molecule has 0 spiro atoms. The summed E-state index contributed by atoms with van der Waals surface area (Å²) in [6, 6.07) is 7.07. The predicted octanol–water partition coefficient (Wildman–Crippen LogP) is 1.30. The zero-order valence-electron chi connectivity index (χ0n) is 13.5. The van der Waals surface area contributed by atoms with Crippen molar-refractivity contribution in [1.29, 1.82) is 0 Å². The first-order valence-corrected chi connectivity index (χ1v) is 8.98. The van der Waals surface area contributed by atoms with Crippen molar-refractivity contribution in [3.8, 4) is 0 Å². The van der Waals surface area contributed by atoms with Crippen LogP contribution < -0.4 is 9.47 Å². The van der Waals surface area contributed by atoms with Gasteiger partial charge in [0.1, 0.15) is 6.54 Å². The van der Waals surface area contributed by atoms with Crippen LogP contribution in [0.4, 0.5) is 5.69 Å². The molecule has 1 heterocycles. The smallest absolute Gasteiger partial charge is 0.265 e. The summed E-state index contributed by atoms with van der Waals surface area (Å²) >= 11 is 0. The quantitative estimate of drug-likeness (QED) is 0.647. The van der Waals surface area contributed by atoms with E-state index in [-0.39, 0.29) is 24.0 Å². The molecule has 1 aromatic carbocycles. The molecule has 0 atom stereocenters. The van der Waals surface area contributed by atoms with Gasteiger partial charge in [-0.15, -0.1) is 0 Å². The minimum Gasteiger partial charge on any atom is -0.286 e. The summed E-state index contributed by atoms with van der Waals surface area (Å²) in [6.45, 7) is 3.08. The van der Waals surface area contributed by atoms with Crippen LogP contribution in [0.5, 0.6) is 0 Å². The number of fused-ring (bicyclic) bond motifs is 1. The number of hydrogen-bond donors (Lipinski definition) is 1. The van der Waals surface area contributed by atoms with Gasteiger partial charge in [0.15, 0.2) is 12.4 Å². The molecule has 128 valence electrons. The maximum atomic E-state index is 11.8. The van der Waals surface area contributed by atoms with E-state index in [1.54, 1.807) is 35.2 Å². The van der Waals surface area contributed by atoms with Gasteiger partial charge in [0.25, 0.3) is 10.1 Å². The van der Waals surface area contributed by atoms with Gasteiger partial charge < -0.3 is 0 Å². The van der Waals surface area contributed by atoms with Crippen molar-refractivity contribution in [2.24, 2.45) is 0 Å². The number of carbonyl (C=O) groups excluding carboxylic acids is 2. The maximum Gasteiger partial charge on any atom is 0.265 e. The molecular formula is C16H19N2O5S+. The molecule has 24 heavy (non-hydrogen) atoms. The highest BCUT2D eigenvalue weighted by Gasteiger charge is 2.19. The number of carbonyl (C=O) groups is 2.